The number of phenols is 1. The lowest BCUT2D eigenvalue weighted by molar-refractivity contribution is -0.295. The van der Waals surface area contributed by atoms with Crippen LogP contribution < -0.4 is 14.2 Å². The fourth-order valence-electron chi connectivity index (χ4n) is 5.27. The first-order valence-corrected chi connectivity index (χ1v) is 14.0. The number of rotatable bonds is 9. The van der Waals surface area contributed by atoms with E-state index in [4.69, 9.17) is 33.2 Å². The van der Waals surface area contributed by atoms with E-state index in [0.29, 0.717) is 5.56 Å². The first-order chi connectivity index (χ1) is 21.5. The summed E-state index contributed by atoms with van der Waals surface area (Å²) in [5.74, 6) is 0.558. The Balaban J connectivity index is 1.57. The number of aliphatic hydroxyl groups is 9. The second-order valence-electron chi connectivity index (χ2n) is 10.7. The van der Waals surface area contributed by atoms with Gasteiger partial charge in [0.25, 0.3) is 11.9 Å². The molecule has 10 N–H and O–H groups in total. The predicted octanol–water partition coefficient (Wildman–Crippen LogP) is -2.26. The molecule has 0 saturated carbocycles. The lowest BCUT2D eigenvalue weighted by atomic mass is 9.98. The van der Waals surface area contributed by atoms with Crippen molar-refractivity contribution in [3.63, 3.8) is 0 Å². The summed E-state index contributed by atoms with van der Waals surface area (Å²) in [6.45, 7) is -1.36. The Bertz CT molecular complexity index is 1360. The van der Waals surface area contributed by atoms with E-state index in [9.17, 15) is 46.0 Å². The quantitative estimate of drug-likeness (QED) is 0.131. The minimum Gasteiger partial charge on any atom is -0.571 e. The molecule has 0 radical (unpaired) electrons. The maximum Gasteiger partial charge on any atom is 0.270 e. The number of ether oxygens (including phenoxy) is 7. The minimum absolute atomic E-state index is 0.00840. The molecule has 2 saturated heterocycles. The van der Waals surface area contributed by atoms with E-state index < -0.39 is 80.7 Å². The first-order valence-electron chi connectivity index (χ1n) is 14.0. The van der Waals surface area contributed by atoms with Crippen LogP contribution in [0, 0.1) is 0 Å². The van der Waals surface area contributed by atoms with Gasteiger partial charge in [-0.05, 0) is 18.2 Å². The fraction of sp³-hybridized carbons (Fsp3) is 0.517. The van der Waals surface area contributed by atoms with Crippen molar-refractivity contribution in [1.82, 2.24) is 0 Å². The smallest absolute Gasteiger partial charge is 0.270 e. The molecule has 3 aliphatic heterocycles. The van der Waals surface area contributed by atoms with Gasteiger partial charge in [0, 0.05) is 12.1 Å². The van der Waals surface area contributed by atoms with Gasteiger partial charge in [0.05, 0.1) is 39.1 Å². The summed E-state index contributed by atoms with van der Waals surface area (Å²) in [6.07, 6.45) is -15.3. The average Bonchev–Trinajstić information content (AvgIpc) is 3.05. The molecule has 0 bridgehead atoms. The summed E-state index contributed by atoms with van der Waals surface area (Å²) < 4.78 is 38.5. The molecular weight excluding hydrogens is 604 g/mol. The van der Waals surface area contributed by atoms with Crippen molar-refractivity contribution in [2.24, 2.45) is 0 Å². The largest absolute Gasteiger partial charge is 0.571 e. The Kier molecular flexibility index (Phi) is 9.90. The van der Waals surface area contributed by atoms with Crippen LogP contribution in [0.2, 0.25) is 0 Å². The van der Waals surface area contributed by atoms with Gasteiger partial charge in [-0.25, -0.2) is 0 Å². The van der Waals surface area contributed by atoms with Crippen molar-refractivity contribution >= 4 is 6.08 Å². The monoisotopic (exact) mass is 641 g/mol. The van der Waals surface area contributed by atoms with E-state index in [-0.39, 0.29) is 40.1 Å². The highest BCUT2D eigenvalue weighted by Crippen LogP contribution is 2.47. The molecule has 248 valence electrons. The van der Waals surface area contributed by atoms with Gasteiger partial charge in [-0.15, -0.1) is 0 Å². The van der Waals surface area contributed by atoms with Crippen LogP contribution in [0.25, 0.3) is 6.08 Å². The predicted molar refractivity (Wildman–Crippen MR) is 149 cm³/mol. The van der Waals surface area contributed by atoms with Crippen LogP contribution in [0.1, 0.15) is 17.2 Å². The van der Waals surface area contributed by atoms with E-state index in [0.717, 1.165) is 0 Å². The van der Waals surface area contributed by atoms with Crippen molar-refractivity contribution in [1.29, 1.82) is 0 Å². The molecule has 1 unspecified atom stereocenters. The van der Waals surface area contributed by atoms with Crippen molar-refractivity contribution < 1.29 is 79.1 Å². The fourth-order valence-corrected chi connectivity index (χ4v) is 5.27. The van der Waals surface area contributed by atoms with Gasteiger partial charge in [0.2, 0.25) is 12.6 Å². The maximum absolute atomic E-state index is 10.7. The van der Waals surface area contributed by atoms with E-state index in [1.807, 2.05) is 0 Å². The Morgan fingerprint density at radius 2 is 1.31 bits per heavy atom. The molecule has 0 aromatic heterocycles. The Morgan fingerprint density at radius 1 is 0.711 bits per heavy atom. The minimum atomic E-state index is -1.75. The molecule has 2 fully saturated rings. The van der Waals surface area contributed by atoms with Crippen LogP contribution in [0.4, 0.5) is 0 Å². The Labute approximate surface area is 256 Å². The third kappa shape index (κ3) is 6.34. The molecule has 3 aliphatic rings. The lowest BCUT2D eigenvalue weighted by Gasteiger charge is -2.40. The van der Waals surface area contributed by atoms with E-state index >= 15 is 0 Å². The van der Waals surface area contributed by atoms with Crippen molar-refractivity contribution in [2.75, 3.05) is 27.4 Å². The second kappa shape index (κ2) is 13.5. The zero-order valence-corrected chi connectivity index (χ0v) is 24.2. The zero-order valence-electron chi connectivity index (χ0n) is 24.2. The number of fused-ring (bicyclic) bond motifs is 1. The van der Waals surface area contributed by atoms with Gasteiger partial charge >= 0.3 is 0 Å². The average molecular weight is 642 g/mol. The molecule has 11 atom stereocenters. The van der Waals surface area contributed by atoms with Gasteiger partial charge in [0.1, 0.15) is 65.9 Å². The van der Waals surface area contributed by atoms with E-state index in [2.05, 4.69) is 0 Å². The molecule has 45 heavy (non-hydrogen) atoms. The van der Waals surface area contributed by atoms with Gasteiger partial charge in [0.15, 0.2) is 17.3 Å². The number of methoxy groups -OCH3 is 2. The maximum atomic E-state index is 10.7. The van der Waals surface area contributed by atoms with Crippen LogP contribution >= 0.6 is 0 Å². The number of aromatic hydroxyl groups is 2. The molecule has 2 aromatic carbocycles. The Morgan fingerprint density at radius 3 is 1.87 bits per heavy atom. The summed E-state index contributed by atoms with van der Waals surface area (Å²) in [5, 5.41) is 91.7. The topological polar surface area (TPSA) is 250 Å². The molecule has 3 heterocycles. The summed E-state index contributed by atoms with van der Waals surface area (Å²) in [4.78, 5) is 0. The van der Waals surface area contributed by atoms with Crippen LogP contribution in [0.5, 0.6) is 28.7 Å². The highest BCUT2D eigenvalue weighted by Gasteiger charge is 2.48. The second-order valence-corrected chi connectivity index (χ2v) is 10.7. The van der Waals surface area contributed by atoms with Crippen LogP contribution in [0.3, 0.4) is 0 Å². The highest BCUT2D eigenvalue weighted by molar-refractivity contribution is 5.70. The molecule has 0 spiro atoms. The van der Waals surface area contributed by atoms with Gasteiger partial charge in [-0.1, -0.05) is 0 Å². The molecule has 16 heteroatoms. The third-order valence-electron chi connectivity index (χ3n) is 7.87. The van der Waals surface area contributed by atoms with Crippen molar-refractivity contribution in [3.05, 3.63) is 47.2 Å². The van der Waals surface area contributed by atoms with E-state index in [1.165, 1.54) is 38.5 Å². The number of benzene rings is 2. The van der Waals surface area contributed by atoms with Gasteiger partial charge in [-0.3, -0.25) is 0 Å². The summed E-state index contributed by atoms with van der Waals surface area (Å²) >= 11 is 0. The summed E-state index contributed by atoms with van der Waals surface area (Å²) in [5.41, 5.74) is 0.694. The van der Waals surface area contributed by atoms with Crippen molar-refractivity contribution in [3.8, 4) is 28.7 Å². The standard InChI is InChI=1S/C29H36O16/c1-39-12-6-15-13(16(7-12)42-28-25(37)23(35)21(33)19(9-30)44-28)8-18(27(41-15)11-3-4-14(32)17(5-11)40-2)43-29-26(38)24(36)22(34)20(10-31)45-29/h3-8,19-38H,9-10H2,1-2H3/p+1/t19-,20+,21+,22+,23-,24-,25+,26+,27?,28+,29+/m0/s1. The molecule has 0 amide bonds. The highest BCUT2D eigenvalue weighted by atomic mass is 16.7. The normalized spacial score (nSPS) is 34.6. The molecule has 5 rings (SSSR count). The Hall–Kier alpha value is -3.42. The molecule has 16 nitrogen and oxygen atoms in total. The van der Waals surface area contributed by atoms with Crippen LogP contribution in [-0.2, 0) is 14.2 Å². The molecule has 0 aliphatic carbocycles. The third-order valence-corrected chi connectivity index (χ3v) is 7.87. The van der Waals surface area contributed by atoms with E-state index in [1.54, 1.807) is 12.1 Å². The molecular formula is C29H37O16+. The van der Waals surface area contributed by atoms with Gasteiger partial charge in [-0.2, -0.15) is 0 Å². The molecule has 2 aromatic rings. The number of aliphatic hydroxyl groups excluding tert-OH is 8. The number of phenolic OH excluding ortho intramolecular Hbond substituents is 1. The summed E-state index contributed by atoms with van der Waals surface area (Å²) in [7, 11) is 2.76. The zero-order chi connectivity index (χ0) is 32.6. The van der Waals surface area contributed by atoms with Gasteiger partial charge < -0.3 is 79.1 Å². The SMILES string of the molecule is COc1cc(O[C@@H]2O[C@@H](CO)[C@@H](O)[C@H](O)[C@H]2O)c2c(c1)[OH+]C(c1ccc(O)c(OC)c1)C(O[C@@H]1O[C@H](CO)[C@@H](O)[C@H](O)[C@H]1O)=C2. The first kappa shape index (κ1) is 33.0. The summed E-state index contributed by atoms with van der Waals surface area (Å²) in [6, 6.07) is 7.43. The number of hydrogen-bond acceptors (Lipinski definition) is 15. The van der Waals surface area contributed by atoms with Crippen LogP contribution in [-0.4, -0.2) is 140 Å². The lowest BCUT2D eigenvalue weighted by Crippen LogP contribution is -2.60. The van der Waals surface area contributed by atoms with Crippen molar-refractivity contribution in [2.45, 2.75) is 67.5 Å². The number of hydrogen-bond donors (Lipinski definition) is 9. The van der Waals surface area contributed by atoms with Crippen LogP contribution in [0.15, 0.2) is 36.1 Å².